The van der Waals surface area contributed by atoms with Gasteiger partial charge in [0.05, 0.1) is 0 Å². The van der Waals surface area contributed by atoms with Gasteiger partial charge in [-0.05, 0) is 61.7 Å². The number of nitrogens with zero attached hydrogens (tertiary/aromatic N) is 3. The highest BCUT2D eigenvalue weighted by Crippen LogP contribution is 2.29. The fraction of sp³-hybridized carbons (Fsp3) is 0.286. The van der Waals surface area contributed by atoms with Gasteiger partial charge in [0.25, 0.3) is 0 Å². The molecular formula is C21H21ClN4O2. The molecule has 1 fully saturated rings. The molecule has 7 heteroatoms. The van der Waals surface area contributed by atoms with E-state index in [9.17, 15) is 4.79 Å². The molecule has 0 bridgehead atoms. The maximum absolute atomic E-state index is 12.5. The number of carbonyl (C=O) groups excluding carboxylic acids is 1. The summed E-state index contributed by atoms with van der Waals surface area (Å²) in [4.78, 5) is 18.9. The van der Waals surface area contributed by atoms with Crippen LogP contribution in [0.25, 0.3) is 11.4 Å². The Labute approximate surface area is 168 Å². The van der Waals surface area contributed by atoms with Crippen LogP contribution in [0.1, 0.15) is 30.2 Å². The molecule has 1 aliphatic rings. The number of aromatic nitrogens is 2. The number of carbonyl (C=O) groups is 1. The lowest BCUT2D eigenvalue weighted by molar-refractivity contribution is 0.187. The summed E-state index contributed by atoms with van der Waals surface area (Å²) < 4.78 is 5.48. The van der Waals surface area contributed by atoms with Gasteiger partial charge in [-0.15, -0.1) is 0 Å². The lowest BCUT2D eigenvalue weighted by Gasteiger charge is -2.30. The minimum absolute atomic E-state index is 0.0727. The maximum Gasteiger partial charge on any atom is 0.321 e. The molecule has 28 heavy (non-hydrogen) atoms. The second-order valence-corrected chi connectivity index (χ2v) is 7.46. The smallest absolute Gasteiger partial charge is 0.321 e. The number of hydrogen-bond acceptors (Lipinski definition) is 4. The number of hydrogen-bond donors (Lipinski definition) is 1. The van der Waals surface area contributed by atoms with Gasteiger partial charge in [0.1, 0.15) is 0 Å². The highest BCUT2D eigenvalue weighted by molar-refractivity contribution is 6.30. The second-order valence-electron chi connectivity index (χ2n) is 7.02. The van der Waals surface area contributed by atoms with Crippen molar-refractivity contribution in [3.63, 3.8) is 0 Å². The molecule has 1 N–H and O–H groups in total. The van der Waals surface area contributed by atoms with E-state index in [1.54, 1.807) is 12.1 Å². The van der Waals surface area contributed by atoms with Gasteiger partial charge in [0.2, 0.25) is 11.7 Å². The first kappa shape index (κ1) is 18.5. The molecule has 2 aromatic carbocycles. The average molecular weight is 397 g/mol. The number of rotatable bonds is 3. The predicted octanol–water partition coefficient (Wildman–Crippen LogP) is 5.11. The Balaban J connectivity index is 1.35. The third kappa shape index (κ3) is 4.17. The van der Waals surface area contributed by atoms with Crippen molar-refractivity contribution < 1.29 is 9.32 Å². The van der Waals surface area contributed by atoms with Crippen molar-refractivity contribution in [3.05, 3.63) is 65.0 Å². The Bertz CT molecular complexity index is 963. The summed E-state index contributed by atoms with van der Waals surface area (Å²) in [6.45, 7) is 3.31. The molecule has 1 aliphatic heterocycles. The van der Waals surface area contributed by atoms with E-state index in [1.165, 1.54) is 0 Å². The predicted molar refractivity (Wildman–Crippen MR) is 108 cm³/mol. The van der Waals surface area contributed by atoms with E-state index in [0.717, 1.165) is 29.7 Å². The molecule has 3 aromatic rings. The van der Waals surface area contributed by atoms with E-state index in [0.29, 0.717) is 29.8 Å². The van der Waals surface area contributed by atoms with E-state index in [-0.39, 0.29) is 11.9 Å². The van der Waals surface area contributed by atoms with Crippen LogP contribution in [0.15, 0.2) is 53.1 Å². The normalized spacial score (nSPS) is 14.9. The van der Waals surface area contributed by atoms with Gasteiger partial charge in [0, 0.05) is 35.3 Å². The van der Waals surface area contributed by atoms with Crippen LogP contribution in [0.2, 0.25) is 5.02 Å². The molecule has 2 amide bonds. The first-order chi connectivity index (χ1) is 13.6. The van der Waals surface area contributed by atoms with E-state index >= 15 is 0 Å². The van der Waals surface area contributed by atoms with Gasteiger partial charge in [-0.1, -0.05) is 28.9 Å². The summed E-state index contributed by atoms with van der Waals surface area (Å²) in [6, 6.07) is 15.1. The van der Waals surface area contributed by atoms with Crippen LogP contribution >= 0.6 is 11.6 Å². The quantitative estimate of drug-likeness (QED) is 0.667. The van der Waals surface area contributed by atoms with Gasteiger partial charge in [-0.25, -0.2) is 4.79 Å². The van der Waals surface area contributed by atoms with Crippen LogP contribution in [-0.4, -0.2) is 34.2 Å². The van der Waals surface area contributed by atoms with Crippen molar-refractivity contribution in [2.45, 2.75) is 25.7 Å². The van der Waals surface area contributed by atoms with Gasteiger partial charge in [0.15, 0.2) is 0 Å². The minimum Gasteiger partial charge on any atom is -0.339 e. The number of benzene rings is 2. The van der Waals surface area contributed by atoms with Crippen LogP contribution in [0.3, 0.4) is 0 Å². The Hall–Kier alpha value is -2.86. The topological polar surface area (TPSA) is 71.3 Å². The standard InChI is InChI=1S/C21H21ClN4O2/c1-14-3-2-4-18(13-14)23-21(27)26-11-9-16(10-12-26)20-24-19(25-28-20)15-5-7-17(22)8-6-15/h2-8,13,16H,9-12H2,1H3,(H,23,27). The fourth-order valence-electron chi connectivity index (χ4n) is 3.37. The summed E-state index contributed by atoms with van der Waals surface area (Å²) in [6.07, 6.45) is 1.59. The number of urea groups is 1. The highest BCUT2D eigenvalue weighted by Gasteiger charge is 2.27. The molecule has 144 valence electrons. The zero-order valence-electron chi connectivity index (χ0n) is 15.6. The SMILES string of the molecule is Cc1cccc(NC(=O)N2CCC(c3nc(-c4ccc(Cl)cc4)no3)CC2)c1. The Kier molecular flexibility index (Phi) is 5.30. The van der Waals surface area contributed by atoms with Crippen LogP contribution in [-0.2, 0) is 0 Å². The van der Waals surface area contributed by atoms with Crippen molar-refractivity contribution in [3.8, 4) is 11.4 Å². The first-order valence-corrected chi connectivity index (χ1v) is 9.68. The third-order valence-corrected chi connectivity index (χ3v) is 5.20. The summed E-state index contributed by atoms with van der Waals surface area (Å²) in [5.41, 5.74) is 2.80. The third-order valence-electron chi connectivity index (χ3n) is 4.94. The summed E-state index contributed by atoms with van der Waals surface area (Å²) in [5, 5.41) is 7.72. The van der Waals surface area contributed by atoms with Crippen LogP contribution in [0.5, 0.6) is 0 Å². The monoisotopic (exact) mass is 396 g/mol. The minimum atomic E-state index is -0.0727. The number of aryl methyl sites for hydroxylation is 1. The van der Waals surface area contributed by atoms with Crippen LogP contribution in [0, 0.1) is 6.92 Å². The van der Waals surface area contributed by atoms with E-state index in [4.69, 9.17) is 16.1 Å². The number of halogens is 1. The van der Waals surface area contributed by atoms with Crippen molar-refractivity contribution in [2.24, 2.45) is 0 Å². The number of amides is 2. The van der Waals surface area contributed by atoms with Gasteiger partial charge in [-0.3, -0.25) is 0 Å². The van der Waals surface area contributed by atoms with Gasteiger partial charge >= 0.3 is 6.03 Å². The molecule has 0 aliphatic carbocycles. The van der Waals surface area contributed by atoms with E-state index in [1.807, 2.05) is 48.2 Å². The molecule has 2 heterocycles. The fourth-order valence-corrected chi connectivity index (χ4v) is 3.50. The van der Waals surface area contributed by atoms with Crippen molar-refractivity contribution in [1.29, 1.82) is 0 Å². The Morgan fingerprint density at radius 1 is 1.18 bits per heavy atom. The number of likely N-dealkylation sites (tertiary alicyclic amines) is 1. The zero-order chi connectivity index (χ0) is 19.5. The van der Waals surface area contributed by atoms with E-state index < -0.39 is 0 Å². The van der Waals surface area contributed by atoms with E-state index in [2.05, 4.69) is 15.5 Å². The average Bonchev–Trinajstić information content (AvgIpc) is 3.19. The number of piperidine rings is 1. The molecule has 0 atom stereocenters. The molecule has 0 saturated carbocycles. The largest absolute Gasteiger partial charge is 0.339 e. The van der Waals surface area contributed by atoms with Crippen molar-refractivity contribution in [2.75, 3.05) is 18.4 Å². The summed E-state index contributed by atoms with van der Waals surface area (Å²) >= 11 is 5.92. The Morgan fingerprint density at radius 3 is 2.64 bits per heavy atom. The summed E-state index contributed by atoms with van der Waals surface area (Å²) in [7, 11) is 0. The maximum atomic E-state index is 12.5. The molecule has 1 aromatic heterocycles. The van der Waals surface area contributed by atoms with Crippen molar-refractivity contribution >= 4 is 23.3 Å². The lowest BCUT2D eigenvalue weighted by Crippen LogP contribution is -2.40. The molecule has 1 saturated heterocycles. The number of anilines is 1. The van der Waals surface area contributed by atoms with Gasteiger partial charge < -0.3 is 14.7 Å². The molecule has 4 rings (SSSR count). The molecule has 6 nitrogen and oxygen atoms in total. The number of nitrogens with one attached hydrogen (secondary N) is 1. The van der Waals surface area contributed by atoms with Crippen LogP contribution < -0.4 is 5.32 Å². The van der Waals surface area contributed by atoms with Crippen molar-refractivity contribution in [1.82, 2.24) is 15.0 Å². The Morgan fingerprint density at radius 2 is 1.93 bits per heavy atom. The van der Waals surface area contributed by atoms with Crippen LogP contribution in [0.4, 0.5) is 10.5 Å². The molecular weight excluding hydrogens is 376 g/mol. The molecule has 0 unspecified atom stereocenters. The second kappa shape index (κ2) is 8.02. The highest BCUT2D eigenvalue weighted by atomic mass is 35.5. The molecule has 0 radical (unpaired) electrons. The first-order valence-electron chi connectivity index (χ1n) is 9.30. The molecule has 0 spiro atoms. The van der Waals surface area contributed by atoms with Gasteiger partial charge in [-0.2, -0.15) is 4.98 Å². The zero-order valence-corrected chi connectivity index (χ0v) is 16.3. The summed E-state index contributed by atoms with van der Waals surface area (Å²) in [5.74, 6) is 1.35. The lowest BCUT2D eigenvalue weighted by atomic mass is 9.97.